The second-order valence-electron chi connectivity index (χ2n) is 4.29. The largest absolute Gasteiger partial charge is 0.378 e. The Labute approximate surface area is 127 Å². The molecule has 0 saturated heterocycles. The van der Waals surface area contributed by atoms with Crippen molar-refractivity contribution in [3.05, 3.63) is 28.5 Å². The van der Waals surface area contributed by atoms with Crippen LogP contribution in [0.5, 0.6) is 0 Å². The number of rotatable bonds is 7. The molecule has 0 N–H and O–H groups in total. The smallest absolute Gasteiger partial charge is 0.255 e. The zero-order valence-electron chi connectivity index (χ0n) is 11.1. The molecular formula is C13H18BrClN2O2. The van der Waals surface area contributed by atoms with Crippen LogP contribution in [0.1, 0.15) is 24.2 Å². The third-order valence-corrected chi connectivity index (χ3v) is 3.12. The Morgan fingerprint density at radius 3 is 2.79 bits per heavy atom. The van der Waals surface area contributed by atoms with E-state index in [-0.39, 0.29) is 11.9 Å². The van der Waals surface area contributed by atoms with Gasteiger partial charge in [0, 0.05) is 35.3 Å². The van der Waals surface area contributed by atoms with Crippen molar-refractivity contribution in [2.75, 3.05) is 25.6 Å². The number of halogens is 2. The molecule has 1 rings (SSSR count). The zero-order valence-corrected chi connectivity index (χ0v) is 13.4. The maximum absolute atomic E-state index is 12.4. The fourth-order valence-corrected chi connectivity index (χ4v) is 2.08. The van der Waals surface area contributed by atoms with Crippen molar-refractivity contribution in [1.29, 1.82) is 0 Å². The van der Waals surface area contributed by atoms with Gasteiger partial charge in [-0.15, -0.1) is 11.6 Å². The Balaban J connectivity index is 2.67. The number of amides is 1. The summed E-state index contributed by atoms with van der Waals surface area (Å²) in [6, 6.07) is 1.87. The van der Waals surface area contributed by atoms with E-state index in [0.29, 0.717) is 31.2 Å². The van der Waals surface area contributed by atoms with Gasteiger partial charge in [0.05, 0.1) is 18.8 Å². The molecule has 0 spiro atoms. The molecule has 1 aromatic rings. The number of carbonyl (C=O) groups is 1. The van der Waals surface area contributed by atoms with Gasteiger partial charge in [-0.2, -0.15) is 0 Å². The van der Waals surface area contributed by atoms with E-state index in [9.17, 15) is 4.79 Å². The number of carbonyl (C=O) groups excluding carboxylic acids is 1. The molecule has 6 heteroatoms. The van der Waals surface area contributed by atoms with Crippen LogP contribution < -0.4 is 0 Å². The number of aromatic nitrogens is 1. The van der Waals surface area contributed by atoms with Crippen LogP contribution in [0, 0.1) is 0 Å². The number of hydrogen-bond donors (Lipinski definition) is 0. The van der Waals surface area contributed by atoms with Crippen molar-refractivity contribution < 1.29 is 9.53 Å². The first kappa shape index (κ1) is 16.4. The molecule has 4 nitrogen and oxygen atoms in total. The van der Waals surface area contributed by atoms with E-state index < -0.39 is 0 Å². The van der Waals surface area contributed by atoms with Gasteiger partial charge in [0.15, 0.2) is 0 Å². The van der Waals surface area contributed by atoms with Gasteiger partial charge in [0.1, 0.15) is 0 Å². The van der Waals surface area contributed by atoms with E-state index in [1.807, 2.05) is 13.8 Å². The van der Waals surface area contributed by atoms with Crippen LogP contribution in [0.2, 0.25) is 0 Å². The van der Waals surface area contributed by atoms with Crippen molar-refractivity contribution >= 4 is 33.4 Å². The SMILES string of the molecule is CC(C)N(CCOCCCl)C(=O)c1cncc(Br)c1. The molecular weight excluding hydrogens is 332 g/mol. The standard InChI is InChI=1S/C13H18BrClN2O2/c1-10(2)17(4-6-19-5-3-15)13(18)11-7-12(14)9-16-8-11/h7-10H,3-6H2,1-2H3. The van der Waals surface area contributed by atoms with Crippen LogP contribution >= 0.6 is 27.5 Å². The molecule has 1 amide bonds. The summed E-state index contributed by atoms with van der Waals surface area (Å²) in [6.45, 7) is 5.48. The van der Waals surface area contributed by atoms with Crippen molar-refractivity contribution in [1.82, 2.24) is 9.88 Å². The minimum absolute atomic E-state index is 0.0433. The maximum Gasteiger partial charge on any atom is 0.255 e. The topological polar surface area (TPSA) is 42.4 Å². The summed E-state index contributed by atoms with van der Waals surface area (Å²) >= 11 is 8.85. The Hall–Kier alpha value is -0.650. The molecule has 0 aliphatic carbocycles. The summed E-state index contributed by atoms with van der Waals surface area (Å²) in [5.41, 5.74) is 0.570. The molecule has 0 saturated carbocycles. The highest BCUT2D eigenvalue weighted by Gasteiger charge is 2.18. The number of nitrogens with zero attached hydrogens (tertiary/aromatic N) is 2. The van der Waals surface area contributed by atoms with Gasteiger partial charge in [-0.05, 0) is 35.8 Å². The average molecular weight is 350 g/mol. The highest BCUT2D eigenvalue weighted by Crippen LogP contribution is 2.13. The fourth-order valence-electron chi connectivity index (χ4n) is 1.61. The molecule has 1 heterocycles. The first-order valence-corrected chi connectivity index (χ1v) is 7.44. The fraction of sp³-hybridized carbons (Fsp3) is 0.538. The van der Waals surface area contributed by atoms with E-state index in [4.69, 9.17) is 16.3 Å². The molecule has 0 radical (unpaired) electrons. The van der Waals surface area contributed by atoms with Gasteiger partial charge in [-0.1, -0.05) is 0 Å². The number of alkyl halides is 1. The lowest BCUT2D eigenvalue weighted by Gasteiger charge is -2.26. The van der Waals surface area contributed by atoms with Crippen LogP contribution in [-0.4, -0.2) is 47.5 Å². The highest BCUT2D eigenvalue weighted by atomic mass is 79.9. The van der Waals surface area contributed by atoms with Crippen molar-refractivity contribution in [2.24, 2.45) is 0 Å². The third kappa shape index (κ3) is 5.47. The first-order valence-electron chi connectivity index (χ1n) is 6.11. The Morgan fingerprint density at radius 2 is 2.21 bits per heavy atom. The second kappa shape index (κ2) is 8.51. The van der Waals surface area contributed by atoms with Gasteiger partial charge in [-0.3, -0.25) is 9.78 Å². The van der Waals surface area contributed by atoms with E-state index in [1.54, 1.807) is 23.4 Å². The Kier molecular flexibility index (Phi) is 7.34. The highest BCUT2D eigenvalue weighted by molar-refractivity contribution is 9.10. The second-order valence-corrected chi connectivity index (χ2v) is 5.58. The van der Waals surface area contributed by atoms with Gasteiger partial charge >= 0.3 is 0 Å². The minimum atomic E-state index is -0.0433. The van der Waals surface area contributed by atoms with Crippen LogP contribution in [0.15, 0.2) is 22.9 Å². The number of ether oxygens (including phenoxy) is 1. The van der Waals surface area contributed by atoms with Crippen LogP contribution in [0.25, 0.3) is 0 Å². The zero-order chi connectivity index (χ0) is 14.3. The molecule has 0 bridgehead atoms. The molecule has 106 valence electrons. The van der Waals surface area contributed by atoms with E-state index >= 15 is 0 Å². The minimum Gasteiger partial charge on any atom is -0.378 e. The summed E-state index contributed by atoms with van der Waals surface area (Å²) in [5, 5.41) is 0. The maximum atomic E-state index is 12.4. The van der Waals surface area contributed by atoms with E-state index in [0.717, 1.165) is 4.47 Å². The lowest BCUT2D eigenvalue weighted by molar-refractivity contribution is 0.0595. The molecule has 0 unspecified atom stereocenters. The summed E-state index contributed by atoms with van der Waals surface area (Å²) < 4.78 is 6.11. The summed E-state index contributed by atoms with van der Waals surface area (Å²) in [6.07, 6.45) is 3.22. The van der Waals surface area contributed by atoms with Crippen LogP contribution in [0.3, 0.4) is 0 Å². The van der Waals surface area contributed by atoms with Gasteiger partial charge < -0.3 is 9.64 Å². The van der Waals surface area contributed by atoms with Crippen LogP contribution in [-0.2, 0) is 4.74 Å². The molecule has 0 aliphatic heterocycles. The van der Waals surface area contributed by atoms with E-state index in [2.05, 4.69) is 20.9 Å². The average Bonchev–Trinajstić information content (AvgIpc) is 2.37. The van der Waals surface area contributed by atoms with Crippen molar-refractivity contribution in [3.63, 3.8) is 0 Å². The quantitative estimate of drug-likeness (QED) is 0.561. The summed E-state index contributed by atoms with van der Waals surface area (Å²) in [4.78, 5) is 18.2. The molecule has 0 fully saturated rings. The van der Waals surface area contributed by atoms with Gasteiger partial charge in [0.25, 0.3) is 5.91 Å². The number of pyridine rings is 1. The third-order valence-electron chi connectivity index (χ3n) is 2.53. The van der Waals surface area contributed by atoms with Gasteiger partial charge in [0.2, 0.25) is 0 Å². The van der Waals surface area contributed by atoms with Crippen molar-refractivity contribution in [3.8, 4) is 0 Å². The predicted octanol–water partition coefficient (Wildman–Crippen LogP) is 2.95. The van der Waals surface area contributed by atoms with E-state index in [1.165, 1.54) is 0 Å². The monoisotopic (exact) mass is 348 g/mol. The van der Waals surface area contributed by atoms with Crippen LogP contribution in [0.4, 0.5) is 0 Å². The summed E-state index contributed by atoms with van der Waals surface area (Å²) in [7, 11) is 0. The Bertz CT molecular complexity index is 415. The summed E-state index contributed by atoms with van der Waals surface area (Å²) in [5.74, 6) is 0.420. The molecule has 19 heavy (non-hydrogen) atoms. The Morgan fingerprint density at radius 1 is 1.47 bits per heavy atom. The van der Waals surface area contributed by atoms with Crippen molar-refractivity contribution in [2.45, 2.75) is 19.9 Å². The normalized spacial score (nSPS) is 10.8. The molecule has 0 atom stereocenters. The van der Waals surface area contributed by atoms with Gasteiger partial charge in [-0.25, -0.2) is 0 Å². The molecule has 0 aliphatic rings. The molecule has 0 aromatic carbocycles. The molecule has 1 aromatic heterocycles. The predicted molar refractivity (Wildman–Crippen MR) is 79.6 cm³/mol. The first-order chi connectivity index (χ1) is 9.06. The lowest BCUT2D eigenvalue weighted by atomic mass is 10.2. The number of hydrogen-bond acceptors (Lipinski definition) is 3. The lowest BCUT2D eigenvalue weighted by Crippen LogP contribution is -2.39.